The van der Waals surface area contributed by atoms with Gasteiger partial charge in [-0.05, 0) is 37.1 Å². The highest BCUT2D eigenvalue weighted by Gasteiger charge is 2.46. The van der Waals surface area contributed by atoms with Crippen LogP contribution in [0.2, 0.25) is 0 Å². The number of fused-ring (bicyclic) bond motifs is 2. The quantitative estimate of drug-likeness (QED) is 0.215. The topological polar surface area (TPSA) is 245 Å². The molecule has 0 aromatic heterocycles. The van der Waals surface area contributed by atoms with E-state index in [1.807, 2.05) is 0 Å². The van der Waals surface area contributed by atoms with Crippen molar-refractivity contribution in [1.82, 2.24) is 15.1 Å². The molecule has 0 saturated carbocycles. The van der Waals surface area contributed by atoms with Gasteiger partial charge in [0, 0.05) is 26.7 Å². The number of nitrogens with two attached hydrogens (primary N) is 1. The molecule has 48 heavy (non-hydrogen) atoms. The van der Waals surface area contributed by atoms with Crippen LogP contribution in [0.1, 0.15) is 81.0 Å². The van der Waals surface area contributed by atoms with E-state index in [9.17, 15) is 56.7 Å². The van der Waals surface area contributed by atoms with Crippen LogP contribution >= 0.6 is 0 Å². The summed E-state index contributed by atoms with van der Waals surface area (Å²) in [6.07, 6.45) is -0.547. The normalized spacial score (nSPS) is 16.9. The van der Waals surface area contributed by atoms with Gasteiger partial charge in [0.1, 0.15) is 23.7 Å². The third-order valence-electron chi connectivity index (χ3n) is 6.86. The highest BCUT2D eigenvalue weighted by molar-refractivity contribution is 6.24. The van der Waals surface area contributed by atoms with E-state index < -0.39 is 88.5 Å². The van der Waals surface area contributed by atoms with Crippen LogP contribution in [-0.2, 0) is 33.5 Å². The Kier molecular flexibility index (Phi) is 11.3. The number of carboxylic acids is 1. The fraction of sp³-hybridized carbons (Fsp3) is 0.267. The minimum absolute atomic E-state index is 0.0340. The molecule has 0 spiro atoms. The lowest BCUT2D eigenvalue weighted by Gasteiger charge is -2.27. The SMILES string of the molecule is CC(=O)OC(C)=O.NC(=O)CCC(C(=O)O)N1C(=O)c2cccc(F)c2C1=O.O=C1CCC(N2C(=O)c3cccc(F)c3C2=O)C(=O)N1. The van der Waals surface area contributed by atoms with Gasteiger partial charge in [-0.3, -0.25) is 58.3 Å². The number of aliphatic carboxylic acids is 1. The molecular weight excluding hydrogens is 646 g/mol. The molecule has 16 nitrogen and oxygen atoms in total. The van der Waals surface area contributed by atoms with Crippen LogP contribution < -0.4 is 11.1 Å². The maximum Gasteiger partial charge on any atom is 0.326 e. The summed E-state index contributed by atoms with van der Waals surface area (Å²) in [5.74, 6) is -9.67. The van der Waals surface area contributed by atoms with Crippen molar-refractivity contribution in [2.24, 2.45) is 5.73 Å². The second-order valence-electron chi connectivity index (χ2n) is 10.2. The van der Waals surface area contributed by atoms with E-state index >= 15 is 0 Å². The van der Waals surface area contributed by atoms with Crippen LogP contribution in [0, 0.1) is 11.6 Å². The molecule has 2 aromatic carbocycles. The Hall–Kier alpha value is -6.20. The van der Waals surface area contributed by atoms with Crippen molar-refractivity contribution >= 4 is 59.3 Å². The minimum atomic E-state index is -1.57. The first-order valence-corrected chi connectivity index (χ1v) is 13.8. The zero-order chi connectivity index (χ0) is 36.0. The van der Waals surface area contributed by atoms with Gasteiger partial charge in [0.05, 0.1) is 22.3 Å². The molecule has 4 N–H and O–H groups in total. The van der Waals surface area contributed by atoms with Crippen LogP contribution in [0.4, 0.5) is 8.78 Å². The second-order valence-corrected chi connectivity index (χ2v) is 10.2. The fourth-order valence-corrected chi connectivity index (χ4v) is 4.86. The van der Waals surface area contributed by atoms with Gasteiger partial charge in [-0.2, -0.15) is 0 Å². The lowest BCUT2D eigenvalue weighted by molar-refractivity contribution is -0.156. The number of piperidine rings is 1. The van der Waals surface area contributed by atoms with Gasteiger partial charge in [-0.1, -0.05) is 12.1 Å². The van der Waals surface area contributed by atoms with Crippen LogP contribution in [0.25, 0.3) is 0 Å². The van der Waals surface area contributed by atoms with Gasteiger partial charge < -0.3 is 15.6 Å². The number of hydrogen-bond acceptors (Lipinski definition) is 11. The molecule has 0 radical (unpaired) electrons. The standard InChI is InChI=1S/C13H11FN2O5.C13H9FN2O4.C4H6O3/c14-7-3-1-2-6-10(7)12(19)16(11(6)18)8(13(20)21)4-5-9(15)17;14-7-3-1-2-6-10(7)13(20)16(12(6)19)8-4-5-9(17)15-11(8)18;1-3(5)7-4(2)6/h1-3,8H,4-5H2,(H2,15,17)(H,20,21);1-3,8H,4-5H2,(H,15,17,18);1-2H3. The summed E-state index contributed by atoms with van der Waals surface area (Å²) in [6, 6.07) is 4.61. The van der Waals surface area contributed by atoms with Gasteiger partial charge in [-0.25, -0.2) is 13.6 Å². The zero-order valence-electron chi connectivity index (χ0n) is 25.1. The predicted octanol–water partition coefficient (Wildman–Crippen LogP) is 0.463. The summed E-state index contributed by atoms with van der Waals surface area (Å²) < 4.78 is 31.3. The lowest BCUT2D eigenvalue weighted by atomic mass is 10.0. The molecule has 3 aliphatic rings. The number of imide groups is 3. The number of rotatable bonds is 6. The average molecular weight is 673 g/mol. The third-order valence-corrected chi connectivity index (χ3v) is 6.86. The molecular formula is C30H26F2N4O12. The van der Waals surface area contributed by atoms with Gasteiger partial charge in [0.25, 0.3) is 23.6 Å². The molecule has 2 atom stereocenters. The van der Waals surface area contributed by atoms with E-state index in [4.69, 9.17) is 10.8 Å². The molecule has 1 saturated heterocycles. The van der Waals surface area contributed by atoms with Crippen molar-refractivity contribution in [3.63, 3.8) is 0 Å². The van der Waals surface area contributed by atoms with Crippen LogP contribution in [0.15, 0.2) is 36.4 Å². The Morgan fingerprint density at radius 1 is 0.875 bits per heavy atom. The molecule has 18 heteroatoms. The number of nitrogens with one attached hydrogen (secondary N) is 1. The monoisotopic (exact) mass is 672 g/mol. The number of esters is 2. The lowest BCUT2D eigenvalue weighted by Crippen LogP contribution is -2.54. The third kappa shape index (κ3) is 7.77. The maximum atomic E-state index is 13.7. The Morgan fingerprint density at radius 3 is 1.81 bits per heavy atom. The summed E-state index contributed by atoms with van der Waals surface area (Å²) in [6.45, 7) is 2.36. The first-order valence-electron chi connectivity index (χ1n) is 13.8. The Balaban J connectivity index is 0.000000218. The van der Waals surface area contributed by atoms with E-state index in [0.29, 0.717) is 4.90 Å². The number of carbonyl (C=O) groups is 10. The van der Waals surface area contributed by atoms with Crippen molar-refractivity contribution in [2.75, 3.05) is 0 Å². The van der Waals surface area contributed by atoms with E-state index in [2.05, 4.69) is 10.1 Å². The molecule has 7 amide bonds. The summed E-state index contributed by atoms with van der Waals surface area (Å²) in [4.78, 5) is 114. The molecule has 2 aromatic rings. The summed E-state index contributed by atoms with van der Waals surface area (Å²) in [5, 5.41) is 11.2. The highest BCUT2D eigenvalue weighted by atomic mass is 19.1. The first-order chi connectivity index (χ1) is 22.5. The minimum Gasteiger partial charge on any atom is -0.480 e. The summed E-state index contributed by atoms with van der Waals surface area (Å²) >= 11 is 0. The number of nitrogens with zero attached hydrogens (tertiary/aromatic N) is 2. The van der Waals surface area contributed by atoms with E-state index in [1.54, 1.807) is 0 Å². The number of amides is 7. The number of halogens is 2. The van der Waals surface area contributed by atoms with Crippen molar-refractivity contribution in [3.05, 3.63) is 70.3 Å². The molecule has 1 fully saturated rings. The smallest absolute Gasteiger partial charge is 0.326 e. The Labute approximate surface area is 268 Å². The van der Waals surface area contributed by atoms with E-state index in [0.717, 1.165) is 17.0 Å². The Bertz CT molecular complexity index is 1760. The van der Waals surface area contributed by atoms with Gasteiger partial charge in [0.15, 0.2) is 0 Å². The molecule has 0 aliphatic carbocycles. The van der Waals surface area contributed by atoms with Gasteiger partial charge in [-0.15, -0.1) is 0 Å². The molecule has 0 bridgehead atoms. The molecule has 252 valence electrons. The van der Waals surface area contributed by atoms with Crippen molar-refractivity contribution in [1.29, 1.82) is 0 Å². The van der Waals surface area contributed by atoms with Gasteiger partial charge >= 0.3 is 17.9 Å². The van der Waals surface area contributed by atoms with E-state index in [-0.39, 0.29) is 42.4 Å². The van der Waals surface area contributed by atoms with Crippen LogP contribution in [-0.4, -0.2) is 86.2 Å². The zero-order valence-corrected chi connectivity index (χ0v) is 25.1. The molecule has 3 heterocycles. The summed E-state index contributed by atoms with van der Waals surface area (Å²) in [7, 11) is 0. The summed E-state index contributed by atoms with van der Waals surface area (Å²) in [5.41, 5.74) is 3.92. The number of ether oxygens (including phenoxy) is 1. The second kappa shape index (κ2) is 14.9. The average Bonchev–Trinajstić information content (AvgIpc) is 3.39. The highest BCUT2D eigenvalue weighted by Crippen LogP contribution is 2.30. The van der Waals surface area contributed by atoms with Crippen molar-refractivity contribution < 1.29 is 66.6 Å². The molecule has 3 aliphatic heterocycles. The largest absolute Gasteiger partial charge is 0.480 e. The predicted molar refractivity (Wildman–Crippen MR) is 152 cm³/mol. The Morgan fingerprint density at radius 2 is 1.40 bits per heavy atom. The van der Waals surface area contributed by atoms with Crippen molar-refractivity contribution in [3.8, 4) is 0 Å². The molecule has 2 unspecified atom stereocenters. The molecule has 5 rings (SSSR count). The number of benzene rings is 2. The number of hydrogen-bond donors (Lipinski definition) is 3. The number of carbonyl (C=O) groups excluding carboxylic acids is 9. The maximum absolute atomic E-state index is 13.7. The van der Waals surface area contributed by atoms with Gasteiger partial charge in [0.2, 0.25) is 17.7 Å². The van der Waals surface area contributed by atoms with E-state index in [1.165, 1.54) is 38.1 Å². The number of primary amides is 1. The van der Waals surface area contributed by atoms with Crippen LogP contribution in [0.3, 0.4) is 0 Å². The fourth-order valence-electron chi connectivity index (χ4n) is 4.86. The van der Waals surface area contributed by atoms with Crippen LogP contribution in [0.5, 0.6) is 0 Å². The number of carboxylic acid groups (broad SMARTS) is 1. The first kappa shape index (κ1) is 36.3. The van der Waals surface area contributed by atoms with Crippen molar-refractivity contribution in [2.45, 2.75) is 51.6 Å².